The summed E-state index contributed by atoms with van der Waals surface area (Å²) < 4.78 is 23.2. The molecule has 0 aliphatic carbocycles. The van der Waals surface area contributed by atoms with Crippen LogP contribution in [0.1, 0.15) is 31.9 Å². The average molecular weight is 310 g/mol. The van der Waals surface area contributed by atoms with Crippen molar-refractivity contribution in [3.63, 3.8) is 0 Å². The summed E-state index contributed by atoms with van der Waals surface area (Å²) in [5.41, 5.74) is 7.43. The highest BCUT2D eigenvalue weighted by Gasteiger charge is 2.35. The first kappa shape index (κ1) is 16.5. The quantitative estimate of drug-likeness (QED) is 0.901. The molecule has 0 saturated carbocycles. The zero-order chi connectivity index (χ0) is 15.7. The Hall–Kier alpha value is -0.910. The minimum atomic E-state index is -2.84. The van der Waals surface area contributed by atoms with E-state index in [1.165, 1.54) is 0 Å². The molecule has 2 unspecified atom stereocenters. The standard InChI is InChI=1S/C16H26N2O2S/c1-16(2,15(17)13-7-5-4-6-8-13)12-18(3)14-9-10-21(19,20)11-14/h4-8,14-15H,9-12,17H2,1-3H3. The van der Waals surface area contributed by atoms with Crippen LogP contribution in [0.25, 0.3) is 0 Å². The van der Waals surface area contributed by atoms with E-state index >= 15 is 0 Å². The van der Waals surface area contributed by atoms with Gasteiger partial charge in [-0.25, -0.2) is 8.42 Å². The zero-order valence-corrected chi connectivity index (χ0v) is 13.9. The molecule has 0 radical (unpaired) electrons. The first-order valence-electron chi connectivity index (χ1n) is 7.42. The second kappa shape index (κ2) is 6.07. The van der Waals surface area contributed by atoms with Gasteiger partial charge in [-0.15, -0.1) is 0 Å². The van der Waals surface area contributed by atoms with E-state index in [2.05, 4.69) is 18.7 Å². The summed E-state index contributed by atoms with van der Waals surface area (Å²) in [6, 6.07) is 10.1. The van der Waals surface area contributed by atoms with Crippen molar-refractivity contribution in [2.24, 2.45) is 11.1 Å². The number of benzene rings is 1. The van der Waals surface area contributed by atoms with Crippen LogP contribution in [-0.2, 0) is 9.84 Å². The van der Waals surface area contributed by atoms with Crippen LogP contribution >= 0.6 is 0 Å². The van der Waals surface area contributed by atoms with Crippen LogP contribution in [0.5, 0.6) is 0 Å². The molecule has 2 N–H and O–H groups in total. The van der Waals surface area contributed by atoms with Gasteiger partial charge in [-0.2, -0.15) is 0 Å². The summed E-state index contributed by atoms with van der Waals surface area (Å²) in [6.07, 6.45) is 0.732. The molecule has 118 valence electrons. The Kier molecular flexibility index (Phi) is 4.76. The highest BCUT2D eigenvalue weighted by molar-refractivity contribution is 7.91. The van der Waals surface area contributed by atoms with Crippen molar-refractivity contribution in [2.75, 3.05) is 25.1 Å². The van der Waals surface area contributed by atoms with E-state index in [0.717, 1.165) is 18.5 Å². The largest absolute Gasteiger partial charge is 0.323 e. The van der Waals surface area contributed by atoms with E-state index in [1.54, 1.807) is 0 Å². The molecule has 2 rings (SSSR count). The van der Waals surface area contributed by atoms with Crippen LogP contribution in [0.3, 0.4) is 0 Å². The van der Waals surface area contributed by atoms with E-state index < -0.39 is 9.84 Å². The molecule has 5 heteroatoms. The van der Waals surface area contributed by atoms with E-state index in [-0.39, 0.29) is 23.3 Å². The van der Waals surface area contributed by atoms with Gasteiger partial charge in [0.05, 0.1) is 11.5 Å². The molecule has 1 aromatic carbocycles. The number of nitrogens with two attached hydrogens (primary N) is 1. The summed E-state index contributed by atoms with van der Waals surface area (Å²) in [7, 11) is -0.836. The lowest BCUT2D eigenvalue weighted by Crippen LogP contribution is -2.44. The smallest absolute Gasteiger partial charge is 0.151 e. The maximum Gasteiger partial charge on any atom is 0.151 e. The van der Waals surface area contributed by atoms with Crippen molar-refractivity contribution in [3.8, 4) is 0 Å². The van der Waals surface area contributed by atoms with Gasteiger partial charge >= 0.3 is 0 Å². The number of rotatable bonds is 5. The van der Waals surface area contributed by atoms with Crippen LogP contribution in [0.15, 0.2) is 30.3 Å². The molecule has 1 heterocycles. The topological polar surface area (TPSA) is 63.4 Å². The monoisotopic (exact) mass is 310 g/mol. The maximum atomic E-state index is 11.6. The van der Waals surface area contributed by atoms with E-state index in [9.17, 15) is 8.42 Å². The fourth-order valence-corrected chi connectivity index (χ4v) is 4.91. The Morgan fingerprint density at radius 2 is 1.95 bits per heavy atom. The van der Waals surface area contributed by atoms with Gasteiger partial charge in [-0.3, -0.25) is 0 Å². The second-order valence-electron chi connectivity index (χ2n) is 6.85. The SMILES string of the molecule is CN(CC(C)(C)C(N)c1ccccc1)C1CCS(=O)(=O)C1. The lowest BCUT2D eigenvalue weighted by molar-refractivity contribution is 0.146. The van der Waals surface area contributed by atoms with Crippen LogP contribution in [0, 0.1) is 5.41 Å². The predicted octanol–water partition coefficient (Wildman–Crippen LogP) is 1.83. The first-order chi connectivity index (χ1) is 9.71. The van der Waals surface area contributed by atoms with Gasteiger partial charge in [-0.1, -0.05) is 44.2 Å². The molecule has 1 aliphatic heterocycles. The third-order valence-corrected chi connectivity index (χ3v) is 6.24. The Balaban J connectivity index is 2.03. The molecular weight excluding hydrogens is 284 g/mol. The number of sulfone groups is 1. The van der Waals surface area contributed by atoms with Gasteiger partial charge in [0.15, 0.2) is 9.84 Å². The van der Waals surface area contributed by atoms with E-state index in [0.29, 0.717) is 5.75 Å². The van der Waals surface area contributed by atoms with Crippen LogP contribution in [-0.4, -0.2) is 44.5 Å². The summed E-state index contributed by atoms with van der Waals surface area (Å²) >= 11 is 0. The van der Waals surface area contributed by atoms with Gasteiger partial charge in [0.1, 0.15) is 0 Å². The first-order valence-corrected chi connectivity index (χ1v) is 9.25. The van der Waals surface area contributed by atoms with E-state index in [4.69, 9.17) is 5.73 Å². The van der Waals surface area contributed by atoms with Crippen molar-refractivity contribution < 1.29 is 8.42 Å². The summed E-state index contributed by atoms with van der Waals surface area (Å²) in [6.45, 7) is 5.07. The molecule has 0 spiro atoms. The predicted molar refractivity (Wildman–Crippen MR) is 86.8 cm³/mol. The molecular formula is C16H26N2O2S. The van der Waals surface area contributed by atoms with Crippen molar-refractivity contribution in [1.29, 1.82) is 0 Å². The zero-order valence-electron chi connectivity index (χ0n) is 13.1. The maximum absolute atomic E-state index is 11.6. The Labute approximate surface area is 128 Å². The van der Waals surface area contributed by atoms with Crippen LogP contribution in [0.2, 0.25) is 0 Å². The van der Waals surface area contributed by atoms with Crippen molar-refractivity contribution in [2.45, 2.75) is 32.4 Å². The Bertz CT molecular complexity index is 569. The minimum absolute atomic E-state index is 0.0702. The number of hydrogen-bond donors (Lipinski definition) is 1. The molecule has 0 bridgehead atoms. The summed E-state index contributed by atoms with van der Waals surface area (Å²) in [4.78, 5) is 2.16. The molecule has 0 aromatic heterocycles. The molecule has 4 nitrogen and oxygen atoms in total. The van der Waals surface area contributed by atoms with Crippen molar-refractivity contribution in [3.05, 3.63) is 35.9 Å². The average Bonchev–Trinajstić information content (AvgIpc) is 2.79. The third kappa shape index (κ3) is 4.05. The molecule has 2 atom stereocenters. The van der Waals surface area contributed by atoms with Crippen molar-refractivity contribution in [1.82, 2.24) is 4.90 Å². The van der Waals surface area contributed by atoms with Gasteiger partial charge < -0.3 is 10.6 Å². The van der Waals surface area contributed by atoms with Crippen LogP contribution < -0.4 is 5.73 Å². The molecule has 1 aromatic rings. The minimum Gasteiger partial charge on any atom is -0.323 e. The lowest BCUT2D eigenvalue weighted by Gasteiger charge is -2.37. The number of hydrogen-bond acceptors (Lipinski definition) is 4. The Morgan fingerprint density at radius 3 is 2.48 bits per heavy atom. The lowest BCUT2D eigenvalue weighted by atomic mass is 9.80. The van der Waals surface area contributed by atoms with Crippen LogP contribution in [0.4, 0.5) is 0 Å². The fraction of sp³-hybridized carbons (Fsp3) is 0.625. The molecule has 21 heavy (non-hydrogen) atoms. The van der Waals surface area contributed by atoms with E-state index in [1.807, 2.05) is 37.4 Å². The van der Waals surface area contributed by atoms with Gasteiger partial charge in [0, 0.05) is 18.6 Å². The summed E-state index contributed by atoms with van der Waals surface area (Å²) in [5, 5.41) is 0. The van der Waals surface area contributed by atoms with Gasteiger partial charge in [0.25, 0.3) is 0 Å². The van der Waals surface area contributed by atoms with Gasteiger partial charge in [0.2, 0.25) is 0 Å². The molecule has 1 aliphatic rings. The molecule has 1 saturated heterocycles. The fourth-order valence-electron chi connectivity index (χ4n) is 3.10. The summed E-state index contributed by atoms with van der Waals surface area (Å²) in [5.74, 6) is 0.591. The number of nitrogens with zero attached hydrogens (tertiary/aromatic N) is 1. The normalized spacial score (nSPS) is 23.4. The molecule has 0 amide bonds. The van der Waals surface area contributed by atoms with Crippen molar-refractivity contribution >= 4 is 9.84 Å². The second-order valence-corrected chi connectivity index (χ2v) is 9.08. The highest BCUT2D eigenvalue weighted by atomic mass is 32.2. The third-order valence-electron chi connectivity index (χ3n) is 4.49. The Morgan fingerprint density at radius 1 is 1.33 bits per heavy atom. The molecule has 1 fully saturated rings. The van der Waals surface area contributed by atoms with Gasteiger partial charge in [-0.05, 0) is 24.4 Å². The highest BCUT2D eigenvalue weighted by Crippen LogP contribution is 2.33.